The quantitative estimate of drug-likeness (QED) is 0.848. The monoisotopic (exact) mass is 290 g/mol. The van der Waals surface area contributed by atoms with E-state index >= 15 is 0 Å². The standard InChI is InChI=1S/C15H15ClN2O2/c1-18(9-10-4-2-3-5-13(10)16)14-7-6-11(17)8-12(14)15(19)20/h2-8H,9,17H2,1H3,(H,19,20). The summed E-state index contributed by atoms with van der Waals surface area (Å²) in [5.41, 5.74) is 7.79. The molecule has 0 unspecified atom stereocenters. The highest BCUT2D eigenvalue weighted by molar-refractivity contribution is 6.31. The van der Waals surface area contributed by atoms with Crippen LogP contribution >= 0.6 is 11.6 Å². The lowest BCUT2D eigenvalue weighted by atomic mass is 10.1. The summed E-state index contributed by atoms with van der Waals surface area (Å²) >= 11 is 6.12. The molecule has 0 atom stereocenters. The lowest BCUT2D eigenvalue weighted by Gasteiger charge is -2.22. The van der Waals surface area contributed by atoms with E-state index in [0.29, 0.717) is 22.9 Å². The van der Waals surface area contributed by atoms with E-state index in [0.717, 1.165) is 5.56 Å². The second-order valence-electron chi connectivity index (χ2n) is 4.53. The van der Waals surface area contributed by atoms with Crippen LogP contribution in [0.15, 0.2) is 42.5 Å². The number of nitrogens with two attached hydrogens (primary N) is 1. The molecule has 0 aliphatic rings. The van der Waals surface area contributed by atoms with Gasteiger partial charge in [0.2, 0.25) is 0 Å². The molecule has 104 valence electrons. The smallest absolute Gasteiger partial charge is 0.337 e. The zero-order valence-corrected chi connectivity index (χ0v) is 11.8. The summed E-state index contributed by atoms with van der Waals surface area (Å²) in [4.78, 5) is 13.1. The molecule has 4 nitrogen and oxygen atoms in total. The Morgan fingerprint density at radius 2 is 2.00 bits per heavy atom. The van der Waals surface area contributed by atoms with Crippen molar-refractivity contribution in [1.29, 1.82) is 0 Å². The third-order valence-electron chi connectivity index (χ3n) is 3.03. The Balaban J connectivity index is 2.32. The highest BCUT2D eigenvalue weighted by Crippen LogP contribution is 2.25. The molecule has 0 amide bonds. The van der Waals surface area contributed by atoms with Gasteiger partial charge in [-0.05, 0) is 29.8 Å². The van der Waals surface area contributed by atoms with Crippen molar-refractivity contribution in [3.63, 3.8) is 0 Å². The fourth-order valence-corrected chi connectivity index (χ4v) is 2.22. The number of aromatic carboxylic acids is 1. The Labute approximate surface area is 122 Å². The second kappa shape index (κ2) is 5.84. The van der Waals surface area contributed by atoms with Crippen molar-refractivity contribution in [3.05, 3.63) is 58.6 Å². The molecule has 2 rings (SSSR count). The first-order valence-electron chi connectivity index (χ1n) is 6.06. The molecule has 0 saturated heterocycles. The number of hydrogen-bond donors (Lipinski definition) is 2. The molecular weight excluding hydrogens is 276 g/mol. The molecule has 20 heavy (non-hydrogen) atoms. The van der Waals surface area contributed by atoms with Crippen molar-refractivity contribution in [2.24, 2.45) is 0 Å². The number of carbonyl (C=O) groups is 1. The summed E-state index contributed by atoms with van der Waals surface area (Å²) in [5, 5.41) is 9.91. The lowest BCUT2D eigenvalue weighted by Crippen LogP contribution is -2.19. The number of halogens is 1. The van der Waals surface area contributed by atoms with E-state index in [1.165, 1.54) is 6.07 Å². The minimum Gasteiger partial charge on any atom is -0.478 e. The van der Waals surface area contributed by atoms with E-state index < -0.39 is 5.97 Å². The van der Waals surface area contributed by atoms with Crippen molar-refractivity contribution in [2.75, 3.05) is 17.7 Å². The van der Waals surface area contributed by atoms with Crippen molar-refractivity contribution in [3.8, 4) is 0 Å². The molecule has 3 N–H and O–H groups in total. The molecule has 0 aliphatic carbocycles. The van der Waals surface area contributed by atoms with Crippen LogP contribution in [0.2, 0.25) is 5.02 Å². The Hall–Kier alpha value is -2.20. The van der Waals surface area contributed by atoms with Gasteiger partial charge in [0.15, 0.2) is 0 Å². The lowest BCUT2D eigenvalue weighted by molar-refractivity contribution is 0.0697. The van der Waals surface area contributed by atoms with Crippen LogP contribution in [-0.4, -0.2) is 18.1 Å². The van der Waals surface area contributed by atoms with E-state index in [2.05, 4.69) is 0 Å². The summed E-state index contributed by atoms with van der Waals surface area (Å²) in [7, 11) is 1.82. The number of anilines is 2. The molecule has 0 bridgehead atoms. The zero-order chi connectivity index (χ0) is 14.7. The predicted molar refractivity (Wildman–Crippen MR) is 81.4 cm³/mol. The largest absolute Gasteiger partial charge is 0.478 e. The predicted octanol–water partition coefficient (Wildman–Crippen LogP) is 3.26. The minimum atomic E-state index is -1.00. The van der Waals surface area contributed by atoms with Crippen LogP contribution in [-0.2, 0) is 6.54 Å². The Kier molecular flexibility index (Phi) is 4.15. The molecule has 2 aromatic carbocycles. The second-order valence-corrected chi connectivity index (χ2v) is 4.94. The number of nitrogens with zero attached hydrogens (tertiary/aromatic N) is 1. The summed E-state index contributed by atoms with van der Waals surface area (Å²) in [6.45, 7) is 0.518. The van der Waals surface area contributed by atoms with Gasteiger partial charge in [0.25, 0.3) is 0 Å². The maximum Gasteiger partial charge on any atom is 0.337 e. The molecule has 5 heteroatoms. The molecule has 0 heterocycles. The molecule has 2 aromatic rings. The Bertz CT molecular complexity index is 644. The first kappa shape index (κ1) is 14.2. The van der Waals surface area contributed by atoms with Gasteiger partial charge in [0.1, 0.15) is 0 Å². The van der Waals surface area contributed by atoms with Gasteiger partial charge >= 0.3 is 5.97 Å². The van der Waals surface area contributed by atoms with Gasteiger partial charge in [-0.2, -0.15) is 0 Å². The summed E-state index contributed by atoms with van der Waals surface area (Å²) < 4.78 is 0. The number of carboxylic acid groups (broad SMARTS) is 1. The third kappa shape index (κ3) is 3.03. The van der Waals surface area contributed by atoms with E-state index in [1.54, 1.807) is 12.1 Å². The zero-order valence-electron chi connectivity index (χ0n) is 11.0. The van der Waals surface area contributed by atoms with E-state index in [4.69, 9.17) is 17.3 Å². The molecule has 0 fully saturated rings. The van der Waals surface area contributed by atoms with Crippen LogP contribution in [0.5, 0.6) is 0 Å². The van der Waals surface area contributed by atoms with Crippen LogP contribution < -0.4 is 10.6 Å². The third-order valence-corrected chi connectivity index (χ3v) is 3.40. The van der Waals surface area contributed by atoms with E-state index in [-0.39, 0.29) is 5.56 Å². The first-order chi connectivity index (χ1) is 9.49. The van der Waals surface area contributed by atoms with Gasteiger partial charge in [-0.15, -0.1) is 0 Å². The van der Waals surface area contributed by atoms with Crippen molar-refractivity contribution < 1.29 is 9.90 Å². The van der Waals surface area contributed by atoms with E-state index in [1.807, 2.05) is 36.2 Å². The van der Waals surface area contributed by atoms with E-state index in [9.17, 15) is 9.90 Å². The molecule has 0 aromatic heterocycles. The molecule has 0 radical (unpaired) electrons. The summed E-state index contributed by atoms with van der Waals surface area (Å²) in [6.07, 6.45) is 0. The van der Waals surface area contributed by atoms with Gasteiger partial charge in [-0.3, -0.25) is 0 Å². The van der Waals surface area contributed by atoms with Crippen molar-refractivity contribution in [1.82, 2.24) is 0 Å². The maximum absolute atomic E-state index is 11.3. The average molecular weight is 291 g/mol. The number of carboxylic acids is 1. The maximum atomic E-state index is 11.3. The van der Waals surface area contributed by atoms with Crippen molar-refractivity contribution in [2.45, 2.75) is 6.54 Å². The van der Waals surface area contributed by atoms with Crippen LogP contribution in [0, 0.1) is 0 Å². The minimum absolute atomic E-state index is 0.180. The van der Waals surface area contributed by atoms with Crippen molar-refractivity contribution >= 4 is 28.9 Å². The molecular formula is C15H15ClN2O2. The van der Waals surface area contributed by atoms with Crippen LogP contribution in [0.1, 0.15) is 15.9 Å². The van der Waals surface area contributed by atoms with Crippen LogP contribution in [0.3, 0.4) is 0 Å². The number of hydrogen-bond acceptors (Lipinski definition) is 3. The highest BCUT2D eigenvalue weighted by Gasteiger charge is 2.14. The normalized spacial score (nSPS) is 10.3. The van der Waals surface area contributed by atoms with Crippen LogP contribution in [0.4, 0.5) is 11.4 Å². The average Bonchev–Trinajstić information content (AvgIpc) is 2.41. The highest BCUT2D eigenvalue weighted by atomic mass is 35.5. The summed E-state index contributed by atoms with van der Waals surface area (Å²) in [6, 6.07) is 12.3. The van der Waals surface area contributed by atoms with Gasteiger partial charge < -0.3 is 15.7 Å². The molecule has 0 aliphatic heterocycles. The van der Waals surface area contributed by atoms with Gasteiger partial charge in [0, 0.05) is 24.3 Å². The number of rotatable bonds is 4. The SMILES string of the molecule is CN(Cc1ccccc1Cl)c1ccc(N)cc1C(=O)O. The van der Waals surface area contributed by atoms with Gasteiger partial charge in [-0.1, -0.05) is 29.8 Å². The fourth-order valence-electron chi connectivity index (χ4n) is 2.03. The topological polar surface area (TPSA) is 66.6 Å². The van der Waals surface area contributed by atoms with Crippen LogP contribution in [0.25, 0.3) is 0 Å². The Morgan fingerprint density at radius 3 is 2.65 bits per heavy atom. The summed E-state index contributed by atoms with van der Waals surface area (Å²) in [5.74, 6) is -1.00. The van der Waals surface area contributed by atoms with Gasteiger partial charge in [-0.25, -0.2) is 4.79 Å². The Morgan fingerprint density at radius 1 is 1.30 bits per heavy atom. The number of nitrogen functional groups attached to an aromatic ring is 1. The molecule has 0 saturated carbocycles. The first-order valence-corrected chi connectivity index (χ1v) is 6.44. The fraction of sp³-hybridized carbons (Fsp3) is 0.133. The van der Waals surface area contributed by atoms with Gasteiger partial charge in [0.05, 0.1) is 11.3 Å². The number of benzene rings is 2. The molecule has 0 spiro atoms.